The largest absolute Gasteiger partial charge is 0.481 e. The Hall–Kier alpha value is -3.40. The zero-order chi connectivity index (χ0) is 22.3. The van der Waals surface area contributed by atoms with Crippen LogP contribution in [0.25, 0.3) is 0 Å². The molecule has 0 saturated heterocycles. The molecule has 0 aliphatic carbocycles. The van der Waals surface area contributed by atoms with Crippen LogP contribution < -0.4 is 23.8 Å². The van der Waals surface area contributed by atoms with Gasteiger partial charge in [-0.15, -0.1) is 0 Å². The molecule has 1 atom stereocenters. The quantitative estimate of drug-likeness (QED) is 0.526. The number of nitrogens with zero attached hydrogens (tertiary/aromatic N) is 4. The number of methoxy groups -OCH3 is 3. The lowest BCUT2D eigenvalue weighted by atomic mass is 10.3. The van der Waals surface area contributed by atoms with Crippen molar-refractivity contribution in [3.8, 4) is 23.7 Å². The Bertz CT molecular complexity index is 1030. The van der Waals surface area contributed by atoms with Crippen molar-refractivity contribution in [3.05, 3.63) is 36.4 Å². The molecular formula is C18H21N5O6S. The summed E-state index contributed by atoms with van der Waals surface area (Å²) in [7, 11) is -0.377. The first kappa shape index (κ1) is 22.9. The van der Waals surface area contributed by atoms with E-state index in [1.807, 2.05) is 0 Å². The number of carbonyl (C=O) groups excluding carboxylic acids is 1. The van der Waals surface area contributed by atoms with Crippen molar-refractivity contribution in [2.24, 2.45) is 5.14 Å². The molecule has 30 heavy (non-hydrogen) atoms. The lowest BCUT2D eigenvalue weighted by Crippen LogP contribution is -2.48. The maximum absolute atomic E-state index is 13.3. The van der Waals surface area contributed by atoms with Crippen molar-refractivity contribution in [1.82, 2.24) is 9.97 Å². The number of para-hydroxylation sites is 1. The van der Waals surface area contributed by atoms with Gasteiger partial charge < -0.3 is 14.2 Å². The van der Waals surface area contributed by atoms with Gasteiger partial charge >= 0.3 is 16.2 Å². The average Bonchev–Trinajstić information content (AvgIpc) is 2.73. The highest BCUT2D eigenvalue weighted by Crippen LogP contribution is 2.23. The number of hydrogen-bond donors (Lipinski definition) is 1. The summed E-state index contributed by atoms with van der Waals surface area (Å²) in [6.07, 6.45) is -0.576. The molecule has 160 valence electrons. The van der Waals surface area contributed by atoms with Crippen LogP contribution in [0.1, 0.15) is 6.92 Å². The molecule has 2 aromatic rings. The first-order chi connectivity index (χ1) is 14.2. The molecule has 2 rings (SSSR count). The van der Waals surface area contributed by atoms with Crippen LogP contribution in [-0.4, -0.2) is 51.9 Å². The molecule has 0 radical (unpaired) electrons. The van der Waals surface area contributed by atoms with Crippen LogP contribution in [-0.2, 0) is 14.9 Å². The summed E-state index contributed by atoms with van der Waals surface area (Å²) in [5, 5.41) is 5.31. The third-order valence-electron chi connectivity index (χ3n) is 3.63. The van der Waals surface area contributed by atoms with Gasteiger partial charge in [-0.1, -0.05) is 18.2 Å². The Morgan fingerprint density at radius 1 is 1.10 bits per heavy atom. The lowest BCUT2D eigenvalue weighted by molar-refractivity contribution is 0.163. The zero-order valence-electron chi connectivity index (χ0n) is 16.8. The zero-order valence-corrected chi connectivity index (χ0v) is 17.6. The Morgan fingerprint density at radius 2 is 1.67 bits per heavy atom. The third kappa shape index (κ3) is 5.57. The van der Waals surface area contributed by atoms with Crippen LogP contribution in [0.4, 0.5) is 16.4 Å². The molecule has 1 aromatic carbocycles. The first-order valence-electron chi connectivity index (χ1n) is 8.44. The van der Waals surface area contributed by atoms with E-state index in [4.69, 9.17) is 19.3 Å². The van der Waals surface area contributed by atoms with E-state index in [0.717, 1.165) is 4.90 Å². The molecule has 12 heteroatoms. The van der Waals surface area contributed by atoms with Gasteiger partial charge in [-0.05, 0) is 25.0 Å². The Morgan fingerprint density at radius 3 is 2.13 bits per heavy atom. The summed E-state index contributed by atoms with van der Waals surface area (Å²) in [6.45, 7) is 1.64. The lowest BCUT2D eigenvalue weighted by Gasteiger charge is -2.24. The van der Waals surface area contributed by atoms with Crippen LogP contribution in [0, 0.1) is 12.0 Å². The molecule has 1 unspecified atom stereocenters. The van der Waals surface area contributed by atoms with Crippen molar-refractivity contribution in [1.29, 1.82) is 0 Å². The SMILES string of the molecule is COc1cc(OC)nc(N(C#CC(C)OC)C(=O)N(c2ccccc2)S(N)(=O)=O)n1. The van der Waals surface area contributed by atoms with E-state index in [1.54, 1.807) is 25.1 Å². The van der Waals surface area contributed by atoms with Crippen LogP contribution in [0.2, 0.25) is 0 Å². The Kier molecular flexibility index (Phi) is 7.54. The van der Waals surface area contributed by atoms with Gasteiger partial charge in [-0.25, -0.2) is 9.93 Å². The number of carbonyl (C=O) groups is 1. The predicted octanol–water partition coefficient (Wildman–Crippen LogP) is 1.13. The molecule has 1 aromatic heterocycles. The number of hydrogen-bond acceptors (Lipinski definition) is 8. The normalized spacial score (nSPS) is 11.6. The highest BCUT2D eigenvalue weighted by Gasteiger charge is 2.33. The molecule has 0 fully saturated rings. The smallest absolute Gasteiger partial charge is 0.358 e. The van der Waals surface area contributed by atoms with Crippen molar-refractivity contribution in [2.75, 3.05) is 30.5 Å². The maximum atomic E-state index is 13.3. The number of anilines is 2. The van der Waals surface area contributed by atoms with Crippen molar-refractivity contribution in [2.45, 2.75) is 13.0 Å². The molecular weight excluding hydrogens is 414 g/mol. The fourth-order valence-electron chi connectivity index (χ4n) is 2.12. The number of amides is 2. The minimum Gasteiger partial charge on any atom is -0.481 e. The minimum absolute atomic E-state index is 0.00597. The van der Waals surface area contributed by atoms with Gasteiger partial charge in [0.05, 0.1) is 26.0 Å². The van der Waals surface area contributed by atoms with E-state index in [2.05, 4.69) is 21.9 Å². The van der Waals surface area contributed by atoms with Gasteiger partial charge in [0.2, 0.25) is 11.8 Å². The second-order valence-electron chi connectivity index (χ2n) is 5.65. The van der Waals surface area contributed by atoms with E-state index in [9.17, 15) is 13.2 Å². The molecule has 0 spiro atoms. The molecule has 2 amide bonds. The molecule has 0 aliphatic heterocycles. The van der Waals surface area contributed by atoms with Gasteiger partial charge in [0.25, 0.3) is 5.95 Å². The van der Waals surface area contributed by atoms with Gasteiger partial charge in [0.15, 0.2) is 0 Å². The van der Waals surface area contributed by atoms with E-state index < -0.39 is 22.3 Å². The van der Waals surface area contributed by atoms with Gasteiger partial charge in [0.1, 0.15) is 6.10 Å². The van der Waals surface area contributed by atoms with E-state index in [-0.39, 0.29) is 23.4 Å². The summed E-state index contributed by atoms with van der Waals surface area (Å²) in [5.74, 6) is 2.51. The van der Waals surface area contributed by atoms with Crippen LogP contribution in [0.5, 0.6) is 11.8 Å². The molecule has 2 N–H and O–H groups in total. The summed E-state index contributed by atoms with van der Waals surface area (Å²) >= 11 is 0. The van der Waals surface area contributed by atoms with E-state index in [1.165, 1.54) is 39.5 Å². The molecule has 11 nitrogen and oxygen atoms in total. The summed E-state index contributed by atoms with van der Waals surface area (Å²) in [5.41, 5.74) is 0.00597. The standard InChI is InChI=1S/C18H21N5O6S/c1-13(27-2)10-11-22(17-20-15(28-3)12-16(21-17)29-4)18(24)23(30(19,25)26)14-8-6-5-7-9-14/h5-9,12-13H,1-4H3,(H2,19,25,26). The summed E-state index contributed by atoms with van der Waals surface area (Å²) in [6, 6.07) is 10.3. The molecule has 0 aliphatic rings. The second kappa shape index (κ2) is 9.88. The number of nitrogens with two attached hydrogens (primary N) is 1. The first-order valence-corrected chi connectivity index (χ1v) is 9.94. The minimum atomic E-state index is -4.52. The number of ether oxygens (including phenoxy) is 3. The number of rotatable bonds is 6. The van der Waals surface area contributed by atoms with Gasteiger partial charge in [0, 0.05) is 13.2 Å². The maximum Gasteiger partial charge on any atom is 0.358 e. The molecule has 1 heterocycles. The van der Waals surface area contributed by atoms with Crippen LogP contribution in [0.3, 0.4) is 0 Å². The van der Waals surface area contributed by atoms with Crippen molar-refractivity contribution >= 4 is 27.9 Å². The number of aromatic nitrogens is 2. The van der Waals surface area contributed by atoms with E-state index >= 15 is 0 Å². The van der Waals surface area contributed by atoms with Gasteiger partial charge in [-0.3, -0.25) is 0 Å². The third-order valence-corrected chi connectivity index (χ3v) is 4.50. The van der Waals surface area contributed by atoms with Crippen LogP contribution >= 0.6 is 0 Å². The fraction of sp³-hybridized carbons (Fsp3) is 0.278. The average molecular weight is 435 g/mol. The number of benzene rings is 1. The van der Waals surface area contributed by atoms with Gasteiger partial charge in [-0.2, -0.15) is 27.6 Å². The fourth-order valence-corrected chi connectivity index (χ4v) is 2.83. The topological polar surface area (TPSA) is 137 Å². The van der Waals surface area contributed by atoms with Crippen molar-refractivity contribution in [3.63, 3.8) is 0 Å². The van der Waals surface area contributed by atoms with E-state index in [0.29, 0.717) is 4.31 Å². The number of urea groups is 1. The van der Waals surface area contributed by atoms with Crippen LogP contribution in [0.15, 0.2) is 36.4 Å². The molecule has 0 saturated carbocycles. The monoisotopic (exact) mass is 435 g/mol. The molecule has 0 bridgehead atoms. The van der Waals surface area contributed by atoms with Crippen molar-refractivity contribution < 1.29 is 27.4 Å². The Labute approximate surface area is 174 Å². The summed E-state index contributed by atoms with van der Waals surface area (Å²) in [4.78, 5) is 22.1. The predicted molar refractivity (Wildman–Crippen MR) is 109 cm³/mol. The second-order valence-corrected chi connectivity index (χ2v) is 7.04. The highest BCUT2D eigenvalue weighted by atomic mass is 32.2. The highest BCUT2D eigenvalue weighted by molar-refractivity contribution is 7.91. The summed E-state index contributed by atoms with van der Waals surface area (Å²) < 4.78 is 40.1. The Balaban J connectivity index is 2.66.